The van der Waals surface area contributed by atoms with Gasteiger partial charge < -0.3 is 10.1 Å². The molecule has 1 aliphatic heterocycles. The van der Waals surface area contributed by atoms with Crippen LogP contribution >= 0.6 is 11.3 Å². The number of thiophene rings is 1. The minimum absolute atomic E-state index is 0.636. The van der Waals surface area contributed by atoms with E-state index in [2.05, 4.69) is 29.1 Å². The zero-order chi connectivity index (χ0) is 11.9. The van der Waals surface area contributed by atoms with Crippen LogP contribution in [0.3, 0.4) is 0 Å². The number of ether oxygens (including phenoxy) is 1. The second-order valence-electron chi connectivity index (χ2n) is 4.85. The summed E-state index contributed by atoms with van der Waals surface area (Å²) in [6.45, 7) is 5.26. The highest BCUT2D eigenvalue weighted by Gasteiger charge is 2.24. The quantitative estimate of drug-likeness (QED) is 0.806. The van der Waals surface area contributed by atoms with Gasteiger partial charge >= 0.3 is 0 Å². The van der Waals surface area contributed by atoms with Crippen molar-refractivity contribution in [2.24, 2.45) is 5.92 Å². The van der Waals surface area contributed by atoms with Gasteiger partial charge in [0.05, 0.1) is 6.61 Å². The van der Waals surface area contributed by atoms with Gasteiger partial charge in [0.2, 0.25) is 0 Å². The highest BCUT2D eigenvalue weighted by atomic mass is 32.1. The SMILES string of the molecule is CCCNC(CCc1ccsc1)C1CCOC1. The van der Waals surface area contributed by atoms with Crippen LogP contribution in [-0.4, -0.2) is 25.8 Å². The molecule has 3 heteroatoms. The fraction of sp³-hybridized carbons (Fsp3) is 0.714. The lowest BCUT2D eigenvalue weighted by atomic mass is 9.93. The monoisotopic (exact) mass is 253 g/mol. The molecule has 0 saturated carbocycles. The maximum Gasteiger partial charge on any atom is 0.0510 e. The Kier molecular flexibility index (Phi) is 5.49. The molecule has 0 amide bonds. The van der Waals surface area contributed by atoms with Crippen LogP contribution < -0.4 is 5.32 Å². The summed E-state index contributed by atoms with van der Waals surface area (Å²) in [7, 11) is 0. The first-order valence-corrected chi connectivity index (χ1v) is 7.66. The lowest BCUT2D eigenvalue weighted by Crippen LogP contribution is -2.37. The van der Waals surface area contributed by atoms with E-state index < -0.39 is 0 Å². The van der Waals surface area contributed by atoms with E-state index >= 15 is 0 Å². The molecule has 1 saturated heterocycles. The van der Waals surface area contributed by atoms with Crippen LogP contribution in [0.25, 0.3) is 0 Å². The Balaban J connectivity index is 1.81. The molecular formula is C14H23NOS. The van der Waals surface area contributed by atoms with Crippen molar-refractivity contribution < 1.29 is 4.74 Å². The maximum atomic E-state index is 5.52. The standard InChI is InChI=1S/C14H23NOS/c1-2-7-15-14(13-5-8-16-10-13)4-3-12-6-9-17-11-12/h6,9,11,13-15H,2-5,7-8,10H2,1H3. The fourth-order valence-electron chi connectivity index (χ4n) is 2.46. The van der Waals surface area contributed by atoms with Crippen molar-refractivity contribution in [2.75, 3.05) is 19.8 Å². The summed E-state index contributed by atoms with van der Waals surface area (Å²) in [5.41, 5.74) is 1.48. The Hall–Kier alpha value is -0.380. The van der Waals surface area contributed by atoms with Crippen molar-refractivity contribution in [3.05, 3.63) is 22.4 Å². The van der Waals surface area contributed by atoms with Gasteiger partial charge in [0.1, 0.15) is 0 Å². The average molecular weight is 253 g/mol. The van der Waals surface area contributed by atoms with Crippen LogP contribution in [0.2, 0.25) is 0 Å². The Morgan fingerprint density at radius 2 is 2.53 bits per heavy atom. The van der Waals surface area contributed by atoms with Crippen molar-refractivity contribution in [1.82, 2.24) is 5.32 Å². The Labute approximate surface area is 108 Å². The van der Waals surface area contributed by atoms with Gasteiger partial charge in [-0.25, -0.2) is 0 Å². The zero-order valence-corrected chi connectivity index (χ0v) is 11.5. The zero-order valence-electron chi connectivity index (χ0n) is 10.7. The van der Waals surface area contributed by atoms with Crippen molar-refractivity contribution in [3.63, 3.8) is 0 Å². The average Bonchev–Trinajstić information content (AvgIpc) is 3.01. The molecule has 0 aromatic carbocycles. The van der Waals surface area contributed by atoms with Crippen LogP contribution in [0.4, 0.5) is 0 Å². The fourth-order valence-corrected chi connectivity index (χ4v) is 3.16. The number of nitrogens with one attached hydrogen (secondary N) is 1. The second kappa shape index (κ2) is 7.14. The predicted octanol–water partition coefficient (Wildman–Crippen LogP) is 3.09. The summed E-state index contributed by atoms with van der Waals surface area (Å²) in [5, 5.41) is 8.13. The first kappa shape index (κ1) is 13.1. The number of hydrogen-bond acceptors (Lipinski definition) is 3. The molecule has 1 aliphatic rings. The first-order chi connectivity index (χ1) is 8.40. The molecule has 0 bridgehead atoms. The van der Waals surface area contributed by atoms with E-state index in [-0.39, 0.29) is 0 Å². The minimum atomic E-state index is 0.636. The van der Waals surface area contributed by atoms with E-state index in [1.807, 2.05) is 0 Å². The Morgan fingerprint density at radius 1 is 1.59 bits per heavy atom. The topological polar surface area (TPSA) is 21.3 Å². The Morgan fingerprint density at radius 3 is 3.18 bits per heavy atom. The maximum absolute atomic E-state index is 5.52. The third-order valence-corrected chi connectivity index (χ3v) is 4.25. The first-order valence-electron chi connectivity index (χ1n) is 6.72. The highest BCUT2D eigenvalue weighted by Crippen LogP contribution is 2.21. The number of aryl methyl sites for hydroxylation is 1. The molecule has 2 nitrogen and oxygen atoms in total. The van der Waals surface area contributed by atoms with Crippen LogP contribution in [0.1, 0.15) is 31.7 Å². The summed E-state index contributed by atoms with van der Waals surface area (Å²) in [6.07, 6.45) is 4.87. The molecule has 17 heavy (non-hydrogen) atoms. The molecule has 96 valence electrons. The summed E-state index contributed by atoms with van der Waals surface area (Å²) < 4.78 is 5.52. The van der Waals surface area contributed by atoms with Gasteiger partial charge in [-0.2, -0.15) is 11.3 Å². The van der Waals surface area contributed by atoms with Crippen LogP contribution in [0, 0.1) is 5.92 Å². The number of hydrogen-bond donors (Lipinski definition) is 1. The number of rotatable bonds is 7. The molecular weight excluding hydrogens is 230 g/mol. The largest absolute Gasteiger partial charge is 0.381 e. The van der Waals surface area contributed by atoms with Gasteiger partial charge in [-0.3, -0.25) is 0 Å². The van der Waals surface area contributed by atoms with Gasteiger partial charge in [0, 0.05) is 12.6 Å². The lowest BCUT2D eigenvalue weighted by Gasteiger charge is -2.23. The molecule has 1 N–H and O–H groups in total. The van der Waals surface area contributed by atoms with Crippen molar-refractivity contribution in [1.29, 1.82) is 0 Å². The van der Waals surface area contributed by atoms with Gasteiger partial charge in [-0.15, -0.1) is 0 Å². The molecule has 2 rings (SSSR count). The molecule has 0 radical (unpaired) electrons. The van der Waals surface area contributed by atoms with Crippen LogP contribution in [0.5, 0.6) is 0 Å². The molecule has 1 aromatic rings. The summed E-state index contributed by atoms with van der Waals surface area (Å²) >= 11 is 1.80. The summed E-state index contributed by atoms with van der Waals surface area (Å²) in [5.74, 6) is 0.722. The normalized spacial score (nSPS) is 21.8. The highest BCUT2D eigenvalue weighted by molar-refractivity contribution is 7.07. The smallest absolute Gasteiger partial charge is 0.0510 e. The molecule has 0 aliphatic carbocycles. The third-order valence-electron chi connectivity index (χ3n) is 3.51. The van der Waals surface area contributed by atoms with E-state index in [0.717, 1.165) is 25.7 Å². The molecule has 2 unspecified atom stereocenters. The summed E-state index contributed by atoms with van der Waals surface area (Å²) in [4.78, 5) is 0. The van der Waals surface area contributed by atoms with E-state index in [1.54, 1.807) is 11.3 Å². The van der Waals surface area contributed by atoms with Gasteiger partial charge in [0.25, 0.3) is 0 Å². The predicted molar refractivity (Wildman–Crippen MR) is 73.6 cm³/mol. The lowest BCUT2D eigenvalue weighted by molar-refractivity contribution is 0.175. The minimum Gasteiger partial charge on any atom is -0.381 e. The molecule has 2 atom stereocenters. The van der Waals surface area contributed by atoms with E-state index in [4.69, 9.17) is 4.74 Å². The second-order valence-corrected chi connectivity index (χ2v) is 5.63. The molecule has 2 heterocycles. The van der Waals surface area contributed by atoms with Crippen molar-refractivity contribution in [3.8, 4) is 0 Å². The van der Waals surface area contributed by atoms with Crippen LogP contribution in [-0.2, 0) is 11.2 Å². The van der Waals surface area contributed by atoms with E-state index in [1.165, 1.54) is 31.2 Å². The molecule has 1 aromatic heterocycles. The Bertz CT molecular complexity index is 293. The van der Waals surface area contributed by atoms with Crippen LogP contribution in [0.15, 0.2) is 16.8 Å². The van der Waals surface area contributed by atoms with Crippen molar-refractivity contribution >= 4 is 11.3 Å². The van der Waals surface area contributed by atoms with E-state index in [0.29, 0.717) is 6.04 Å². The van der Waals surface area contributed by atoms with Gasteiger partial charge in [0.15, 0.2) is 0 Å². The molecule has 1 fully saturated rings. The van der Waals surface area contributed by atoms with Gasteiger partial charge in [-0.05, 0) is 60.5 Å². The van der Waals surface area contributed by atoms with Crippen molar-refractivity contribution in [2.45, 2.75) is 38.6 Å². The molecule has 0 spiro atoms. The third kappa shape index (κ3) is 4.09. The van der Waals surface area contributed by atoms with Gasteiger partial charge in [-0.1, -0.05) is 6.92 Å². The van der Waals surface area contributed by atoms with E-state index in [9.17, 15) is 0 Å². The summed E-state index contributed by atoms with van der Waals surface area (Å²) in [6, 6.07) is 2.88.